The molecule has 4 N–H and O–H groups in total. The largest absolute Gasteiger partial charge is 0.394 e. The normalized spacial score (nSPS) is 43.2. The van der Waals surface area contributed by atoms with E-state index in [-0.39, 0.29) is 0 Å². The van der Waals surface area contributed by atoms with E-state index in [4.69, 9.17) is 20.4 Å². The minimum Gasteiger partial charge on any atom is -0.394 e. The molecule has 1 saturated heterocycles. The van der Waals surface area contributed by atoms with Crippen molar-refractivity contribution in [2.45, 2.75) is 24.6 Å². The number of ketones is 1. The van der Waals surface area contributed by atoms with Gasteiger partial charge in [-0.3, -0.25) is 4.79 Å². The maximum atomic E-state index is 10.9. The lowest BCUT2D eigenvalue weighted by atomic mass is 10.0. The molecule has 0 aliphatic carbocycles. The molecule has 1 fully saturated rings. The van der Waals surface area contributed by atoms with E-state index >= 15 is 0 Å². The summed E-state index contributed by atoms with van der Waals surface area (Å²) < 4.78 is 4.52. The second-order valence-electron chi connectivity index (χ2n) is 2.54. The highest BCUT2D eigenvalue weighted by Gasteiger charge is 2.42. The van der Waals surface area contributed by atoms with Crippen LogP contribution in [0, 0.1) is 0 Å². The van der Waals surface area contributed by atoms with Crippen molar-refractivity contribution >= 4 is 5.78 Å². The fraction of sp³-hybridized carbons (Fsp3) is 0.833. The van der Waals surface area contributed by atoms with Crippen molar-refractivity contribution < 1.29 is 30.0 Å². The van der Waals surface area contributed by atoms with Gasteiger partial charge in [0.1, 0.15) is 12.2 Å². The standard InChI is InChI=1S/C6H10O6/c7-1-2-3(8)4(9)5(10)6(11)12-2/h2-3,5-8,10-11H,1H2/t2-,3+,5-,6+/m0/s1. The number of hydrogen-bond acceptors (Lipinski definition) is 6. The minimum atomic E-state index is -1.73. The molecule has 12 heavy (non-hydrogen) atoms. The van der Waals surface area contributed by atoms with Crippen LogP contribution < -0.4 is 0 Å². The Bertz CT molecular complexity index is 181. The summed E-state index contributed by atoms with van der Waals surface area (Å²) in [7, 11) is 0. The number of hydrogen-bond donors (Lipinski definition) is 4. The smallest absolute Gasteiger partial charge is 0.197 e. The fourth-order valence-electron chi connectivity index (χ4n) is 0.969. The first-order valence-electron chi connectivity index (χ1n) is 3.42. The molecular weight excluding hydrogens is 168 g/mol. The summed E-state index contributed by atoms with van der Waals surface area (Å²) in [6.07, 6.45) is -6.13. The Morgan fingerprint density at radius 3 is 2.33 bits per heavy atom. The van der Waals surface area contributed by atoms with Gasteiger partial charge in [-0.2, -0.15) is 0 Å². The van der Waals surface area contributed by atoms with Crippen LogP contribution in [0.25, 0.3) is 0 Å². The van der Waals surface area contributed by atoms with E-state index in [0.717, 1.165) is 0 Å². The highest BCUT2D eigenvalue weighted by molar-refractivity contribution is 5.88. The Morgan fingerprint density at radius 2 is 1.83 bits per heavy atom. The predicted octanol–water partition coefficient (Wildman–Crippen LogP) is -3.01. The highest BCUT2D eigenvalue weighted by atomic mass is 16.6. The van der Waals surface area contributed by atoms with Crippen molar-refractivity contribution in [3.8, 4) is 0 Å². The average molecular weight is 178 g/mol. The maximum absolute atomic E-state index is 10.9. The zero-order chi connectivity index (χ0) is 9.30. The zero-order valence-electron chi connectivity index (χ0n) is 6.12. The lowest BCUT2D eigenvalue weighted by Gasteiger charge is -2.32. The van der Waals surface area contributed by atoms with Gasteiger partial charge >= 0.3 is 0 Å². The van der Waals surface area contributed by atoms with Crippen molar-refractivity contribution in [3.05, 3.63) is 0 Å². The van der Waals surface area contributed by atoms with Gasteiger partial charge in [0.25, 0.3) is 0 Å². The van der Waals surface area contributed by atoms with Gasteiger partial charge in [-0.1, -0.05) is 0 Å². The Balaban J connectivity index is 2.70. The van der Waals surface area contributed by atoms with Crippen molar-refractivity contribution in [1.29, 1.82) is 0 Å². The molecule has 0 saturated carbocycles. The molecule has 0 spiro atoms. The van der Waals surface area contributed by atoms with Gasteiger partial charge in [0, 0.05) is 0 Å². The lowest BCUT2D eigenvalue weighted by Crippen LogP contribution is -2.55. The summed E-state index contributed by atoms with van der Waals surface area (Å²) >= 11 is 0. The number of aliphatic hydroxyl groups excluding tert-OH is 4. The second-order valence-corrected chi connectivity index (χ2v) is 2.54. The minimum absolute atomic E-state index is 0.587. The van der Waals surface area contributed by atoms with Crippen molar-refractivity contribution in [2.24, 2.45) is 0 Å². The summed E-state index contributed by atoms with van der Waals surface area (Å²) in [6, 6.07) is 0. The summed E-state index contributed by atoms with van der Waals surface area (Å²) in [5, 5.41) is 35.3. The Kier molecular flexibility index (Phi) is 2.76. The molecule has 1 rings (SSSR count). The molecule has 0 unspecified atom stereocenters. The van der Waals surface area contributed by atoms with Gasteiger partial charge in [-0.05, 0) is 0 Å². The monoisotopic (exact) mass is 178 g/mol. The van der Waals surface area contributed by atoms with E-state index in [1.54, 1.807) is 0 Å². The molecule has 0 bridgehead atoms. The van der Waals surface area contributed by atoms with Gasteiger partial charge in [-0.15, -0.1) is 0 Å². The first-order valence-corrected chi connectivity index (χ1v) is 3.42. The topological polar surface area (TPSA) is 107 Å². The van der Waals surface area contributed by atoms with Crippen LogP contribution in [0.5, 0.6) is 0 Å². The molecule has 6 heteroatoms. The fourth-order valence-corrected chi connectivity index (χ4v) is 0.969. The summed E-state index contributed by atoms with van der Waals surface area (Å²) in [5.41, 5.74) is 0. The third kappa shape index (κ3) is 1.47. The number of aliphatic hydroxyl groups is 4. The second kappa shape index (κ2) is 3.46. The van der Waals surface area contributed by atoms with E-state index in [2.05, 4.69) is 4.74 Å². The molecule has 1 aliphatic heterocycles. The molecule has 0 aromatic heterocycles. The lowest BCUT2D eigenvalue weighted by molar-refractivity contribution is -0.238. The Labute approximate surface area is 68.0 Å². The van der Waals surface area contributed by atoms with E-state index in [0.29, 0.717) is 0 Å². The number of carbonyl (C=O) groups is 1. The van der Waals surface area contributed by atoms with Crippen LogP contribution in [0.4, 0.5) is 0 Å². The van der Waals surface area contributed by atoms with Crippen LogP contribution in [-0.2, 0) is 9.53 Å². The van der Waals surface area contributed by atoms with Crippen molar-refractivity contribution in [2.75, 3.05) is 6.61 Å². The number of Topliss-reactive ketones (excluding diaryl/α,β-unsaturated/α-hetero) is 1. The summed E-state index contributed by atoms with van der Waals surface area (Å²) in [6.45, 7) is -0.587. The first-order chi connectivity index (χ1) is 5.57. The van der Waals surface area contributed by atoms with Crippen molar-refractivity contribution in [3.63, 3.8) is 0 Å². The number of ether oxygens (including phenoxy) is 1. The SMILES string of the molecule is O=C1[C@H](O)[C@H](O)O[C@@H](CO)[C@H]1O. The third-order valence-electron chi connectivity index (χ3n) is 1.70. The molecule has 0 aromatic rings. The molecule has 70 valence electrons. The molecule has 0 radical (unpaired) electrons. The molecule has 1 aliphatic rings. The van der Waals surface area contributed by atoms with Gasteiger partial charge < -0.3 is 25.2 Å². The van der Waals surface area contributed by atoms with Crippen LogP contribution >= 0.6 is 0 Å². The quantitative estimate of drug-likeness (QED) is 0.340. The van der Waals surface area contributed by atoms with Crippen LogP contribution in [-0.4, -0.2) is 57.4 Å². The molecule has 1 heterocycles. The maximum Gasteiger partial charge on any atom is 0.197 e. The Hall–Kier alpha value is -0.530. The van der Waals surface area contributed by atoms with Gasteiger partial charge in [0.15, 0.2) is 18.2 Å². The molecule has 6 nitrogen and oxygen atoms in total. The number of carbonyl (C=O) groups excluding carboxylic acids is 1. The Morgan fingerprint density at radius 1 is 1.25 bits per heavy atom. The average Bonchev–Trinajstić information content (AvgIpc) is 2.08. The van der Waals surface area contributed by atoms with Gasteiger partial charge in [-0.25, -0.2) is 0 Å². The zero-order valence-corrected chi connectivity index (χ0v) is 6.12. The number of rotatable bonds is 1. The molecule has 4 atom stereocenters. The van der Waals surface area contributed by atoms with Crippen LogP contribution in [0.2, 0.25) is 0 Å². The highest BCUT2D eigenvalue weighted by Crippen LogP contribution is 2.15. The van der Waals surface area contributed by atoms with E-state index in [1.807, 2.05) is 0 Å². The molecule has 0 amide bonds. The molecule has 0 aromatic carbocycles. The van der Waals surface area contributed by atoms with Crippen LogP contribution in [0.3, 0.4) is 0 Å². The van der Waals surface area contributed by atoms with E-state index < -0.39 is 37.0 Å². The molecular formula is C6H10O6. The first kappa shape index (κ1) is 9.56. The van der Waals surface area contributed by atoms with Crippen LogP contribution in [0.15, 0.2) is 0 Å². The van der Waals surface area contributed by atoms with Crippen molar-refractivity contribution in [1.82, 2.24) is 0 Å². The van der Waals surface area contributed by atoms with Gasteiger partial charge in [0.05, 0.1) is 6.61 Å². The predicted molar refractivity (Wildman–Crippen MR) is 35.0 cm³/mol. The summed E-state index contributed by atoms with van der Waals surface area (Å²) in [5.74, 6) is -0.937. The van der Waals surface area contributed by atoms with Crippen LogP contribution in [0.1, 0.15) is 0 Å². The third-order valence-corrected chi connectivity index (χ3v) is 1.70. The van der Waals surface area contributed by atoms with E-state index in [9.17, 15) is 4.79 Å². The van der Waals surface area contributed by atoms with E-state index in [1.165, 1.54) is 0 Å². The van der Waals surface area contributed by atoms with Gasteiger partial charge in [0.2, 0.25) is 0 Å². The summed E-state index contributed by atoms with van der Waals surface area (Å²) in [4.78, 5) is 10.9.